The summed E-state index contributed by atoms with van der Waals surface area (Å²) in [6.45, 7) is 1.60. The van der Waals surface area contributed by atoms with E-state index in [2.05, 4.69) is 0 Å². The number of aryl methyl sites for hydroxylation is 1. The number of hydrogen-bond acceptors (Lipinski definition) is 5. The fourth-order valence-electron chi connectivity index (χ4n) is 2.53. The first-order chi connectivity index (χ1) is 12.5. The van der Waals surface area contributed by atoms with Crippen molar-refractivity contribution in [2.75, 3.05) is 0 Å². The summed E-state index contributed by atoms with van der Waals surface area (Å²) in [4.78, 5) is 22.5. The van der Waals surface area contributed by atoms with Crippen molar-refractivity contribution >= 4 is 23.7 Å². The number of carboxylic acid groups (broad SMARTS) is 2. The summed E-state index contributed by atoms with van der Waals surface area (Å²) in [5, 5.41) is 18.4. The Morgan fingerprint density at radius 1 is 0.962 bits per heavy atom. The minimum Gasteiger partial charge on any atom is -0.478 e. The lowest BCUT2D eigenvalue weighted by Gasteiger charge is -1.99. The molecule has 3 rings (SSSR count). The summed E-state index contributed by atoms with van der Waals surface area (Å²) in [5.41, 5.74) is 1.06. The third-order valence-corrected chi connectivity index (χ3v) is 4.73. The zero-order chi connectivity index (χ0) is 18.7. The van der Waals surface area contributed by atoms with Crippen LogP contribution < -0.4 is 0 Å². The molecule has 6 nitrogen and oxygen atoms in total. The lowest BCUT2D eigenvalue weighted by molar-refractivity contribution is 0.0684. The van der Waals surface area contributed by atoms with Gasteiger partial charge in [-0.3, -0.25) is 0 Å². The molecule has 2 heterocycles. The standard InChI is InChI=1S/C19H16O6S/c1-11-14(18(20)21)7-13(24-11)9-26-10-17-15(19(22)23)8-16(25-17)12-5-3-2-4-6-12/h2-8H,9-10H2,1H3,(H,20,21)(H,22,23). The van der Waals surface area contributed by atoms with E-state index < -0.39 is 11.9 Å². The van der Waals surface area contributed by atoms with Crippen molar-refractivity contribution in [3.63, 3.8) is 0 Å². The molecule has 0 saturated carbocycles. The van der Waals surface area contributed by atoms with Crippen LogP contribution in [0.1, 0.15) is 38.0 Å². The number of hydrogen-bond donors (Lipinski definition) is 2. The minimum absolute atomic E-state index is 0.123. The molecule has 3 aromatic rings. The van der Waals surface area contributed by atoms with E-state index in [0.29, 0.717) is 34.5 Å². The summed E-state index contributed by atoms with van der Waals surface area (Å²) in [6.07, 6.45) is 0. The molecule has 0 amide bonds. The van der Waals surface area contributed by atoms with Gasteiger partial charge < -0.3 is 19.0 Å². The highest BCUT2D eigenvalue weighted by Gasteiger charge is 2.19. The third-order valence-electron chi connectivity index (χ3n) is 3.77. The first-order valence-electron chi connectivity index (χ1n) is 7.77. The van der Waals surface area contributed by atoms with E-state index in [1.165, 1.54) is 23.9 Å². The third kappa shape index (κ3) is 3.83. The molecule has 0 aliphatic heterocycles. The summed E-state index contributed by atoms with van der Waals surface area (Å²) in [7, 11) is 0. The molecule has 0 saturated heterocycles. The van der Waals surface area contributed by atoms with Crippen molar-refractivity contribution in [1.82, 2.24) is 0 Å². The van der Waals surface area contributed by atoms with Gasteiger partial charge in [-0.1, -0.05) is 30.3 Å². The van der Waals surface area contributed by atoms with E-state index in [-0.39, 0.29) is 11.1 Å². The molecule has 0 aliphatic carbocycles. The van der Waals surface area contributed by atoms with Gasteiger partial charge in [0.05, 0.1) is 11.5 Å². The molecule has 0 aliphatic rings. The average molecular weight is 372 g/mol. The van der Waals surface area contributed by atoms with E-state index in [1.807, 2.05) is 30.3 Å². The van der Waals surface area contributed by atoms with Crippen LogP contribution in [0.25, 0.3) is 11.3 Å². The molecule has 0 radical (unpaired) electrons. The molecule has 0 atom stereocenters. The lowest BCUT2D eigenvalue weighted by Crippen LogP contribution is -1.97. The second-order valence-corrected chi connectivity index (χ2v) is 6.58. The molecule has 0 bridgehead atoms. The van der Waals surface area contributed by atoms with Crippen LogP contribution in [0.15, 0.2) is 51.3 Å². The van der Waals surface area contributed by atoms with Gasteiger partial charge in [-0.25, -0.2) is 9.59 Å². The normalized spacial score (nSPS) is 10.8. The number of carboxylic acids is 2. The van der Waals surface area contributed by atoms with Crippen molar-refractivity contribution in [2.45, 2.75) is 18.4 Å². The van der Waals surface area contributed by atoms with E-state index in [4.69, 9.17) is 13.9 Å². The second kappa shape index (κ2) is 7.53. The maximum Gasteiger partial charge on any atom is 0.339 e. The zero-order valence-corrected chi connectivity index (χ0v) is 14.7. The van der Waals surface area contributed by atoms with Crippen LogP contribution >= 0.6 is 11.8 Å². The van der Waals surface area contributed by atoms with Gasteiger partial charge in [-0.15, -0.1) is 11.8 Å². The highest BCUT2D eigenvalue weighted by atomic mass is 32.2. The predicted molar refractivity (Wildman–Crippen MR) is 96.5 cm³/mol. The molecular weight excluding hydrogens is 356 g/mol. The molecule has 134 valence electrons. The van der Waals surface area contributed by atoms with Gasteiger partial charge in [0, 0.05) is 5.56 Å². The van der Waals surface area contributed by atoms with Crippen molar-refractivity contribution < 1.29 is 28.6 Å². The van der Waals surface area contributed by atoms with Crippen LogP contribution in [0.5, 0.6) is 0 Å². The maximum absolute atomic E-state index is 11.5. The Hall–Kier alpha value is -2.93. The first kappa shape index (κ1) is 17.9. The number of thioether (sulfide) groups is 1. The van der Waals surface area contributed by atoms with E-state index >= 15 is 0 Å². The monoisotopic (exact) mass is 372 g/mol. The smallest absolute Gasteiger partial charge is 0.339 e. The quantitative estimate of drug-likeness (QED) is 0.621. The van der Waals surface area contributed by atoms with Crippen LogP contribution in [0.2, 0.25) is 0 Å². The van der Waals surface area contributed by atoms with Crippen molar-refractivity contribution in [3.8, 4) is 11.3 Å². The van der Waals surface area contributed by atoms with Gasteiger partial charge in [0.2, 0.25) is 0 Å². The molecule has 0 spiro atoms. The Kier molecular flexibility index (Phi) is 5.18. The fourth-order valence-corrected chi connectivity index (χ4v) is 3.38. The summed E-state index contributed by atoms with van der Waals surface area (Å²) in [5.74, 6) is 0.400. The van der Waals surface area contributed by atoms with Gasteiger partial charge in [0.15, 0.2) is 0 Å². The number of furan rings is 2. The van der Waals surface area contributed by atoms with Gasteiger partial charge in [0.1, 0.15) is 34.2 Å². The van der Waals surface area contributed by atoms with Crippen LogP contribution in [-0.2, 0) is 11.5 Å². The van der Waals surface area contributed by atoms with Crippen LogP contribution in [0.3, 0.4) is 0 Å². The molecule has 0 fully saturated rings. The topological polar surface area (TPSA) is 101 Å². The molecular formula is C19H16O6S. The van der Waals surface area contributed by atoms with Crippen LogP contribution in [0.4, 0.5) is 0 Å². The number of carbonyl (C=O) groups is 2. The minimum atomic E-state index is -1.05. The van der Waals surface area contributed by atoms with E-state index in [1.54, 1.807) is 6.92 Å². The van der Waals surface area contributed by atoms with E-state index in [9.17, 15) is 14.7 Å². The van der Waals surface area contributed by atoms with Crippen molar-refractivity contribution in [3.05, 3.63) is 70.9 Å². The van der Waals surface area contributed by atoms with Gasteiger partial charge in [-0.2, -0.15) is 0 Å². The molecule has 26 heavy (non-hydrogen) atoms. The molecule has 0 unspecified atom stereocenters. The molecule has 7 heteroatoms. The fraction of sp³-hybridized carbons (Fsp3) is 0.158. The number of rotatable bonds is 7. The van der Waals surface area contributed by atoms with Gasteiger partial charge >= 0.3 is 11.9 Å². The van der Waals surface area contributed by atoms with Crippen molar-refractivity contribution in [1.29, 1.82) is 0 Å². The Balaban J connectivity index is 1.73. The van der Waals surface area contributed by atoms with Gasteiger partial charge in [-0.05, 0) is 19.1 Å². The number of aromatic carboxylic acids is 2. The zero-order valence-electron chi connectivity index (χ0n) is 13.9. The highest BCUT2D eigenvalue weighted by Crippen LogP contribution is 2.30. The Bertz CT molecular complexity index is 938. The average Bonchev–Trinajstić information content (AvgIpc) is 3.20. The maximum atomic E-state index is 11.5. The largest absolute Gasteiger partial charge is 0.478 e. The summed E-state index contributed by atoms with van der Waals surface area (Å²) < 4.78 is 11.2. The molecule has 1 aromatic carbocycles. The summed E-state index contributed by atoms with van der Waals surface area (Å²) >= 11 is 1.39. The Labute approximate surface area is 153 Å². The lowest BCUT2D eigenvalue weighted by atomic mass is 10.1. The summed E-state index contributed by atoms with van der Waals surface area (Å²) in [6, 6.07) is 12.3. The van der Waals surface area contributed by atoms with Crippen LogP contribution in [-0.4, -0.2) is 22.2 Å². The van der Waals surface area contributed by atoms with E-state index in [0.717, 1.165) is 5.56 Å². The predicted octanol–water partition coefficient (Wildman–Crippen LogP) is 4.68. The van der Waals surface area contributed by atoms with Crippen molar-refractivity contribution in [2.24, 2.45) is 0 Å². The Morgan fingerprint density at radius 3 is 2.27 bits per heavy atom. The highest BCUT2D eigenvalue weighted by molar-refractivity contribution is 7.97. The van der Waals surface area contributed by atoms with Gasteiger partial charge in [0.25, 0.3) is 0 Å². The van der Waals surface area contributed by atoms with Crippen LogP contribution in [0, 0.1) is 6.92 Å². The first-order valence-corrected chi connectivity index (χ1v) is 8.93. The SMILES string of the molecule is Cc1oc(CSCc2oc(-c3ccccc3)cc2C(=O)O)cc1C(=O)O. The second-order valence-electron chi connectivity index (χ2n) is 5.60. The molecule has 2 aromatic heterocycles. The number of benzene rings is 1. The molecule has 2 N–H and O–H groups in total. The Morgan fingerprint density at radius 2 is 1.65 bits per heavy atom.